The lowest BCUT2D eigenvalue weighted by Crippen LogP contribution is -2.40. The smallest absolute Gasteiger partial charge is 0.325 e. The number of aliphatic carboxylic acids is 2. The molecule has 3 saturated heterocycles. The summed E-state index contributed by atoms with van der Waals surface area (Å²) in [6.07, 6.45) is 11.1. The number of carbonyl (C=O) groups is 2. The Bertz CT molecular complexity index is 2210. The lowest BCUT2D eigenvalue weighted by Gasteiger charge is -2.36. The van der Waals surface area contributed by atoms with Crippen LogP contribution in [0.5, 0.6) is 0 Å². The third-order valence-electron chi connectivity index (χ3n) is 14.4. The van der Waals surface area contributed by atoms with Gasteiger partial charge >= 0.3 is 11.9 Å². The van der Waals surface area contributed by atoms with Crippen molar-refractivity contribution in [2.75, 3.05) is 63.1 Å². The monoisotopic (exact) mass is 875 g/mol. The molecule has 0 aliphatic carbocycles. The third-order valence-corrected chi connectivity index (χ3v) is 14.6. The van der Waals surface area contributed by atoms with Crippen LogP contribution >= 0.6 is 11.6 Å². The summed E-state index contributed by atoms with van der Waals surface area (Å²) in [6, 6.07) is 25.2. The summed E-state index contributed by atoms with van der Waals surface area (Å²) < 4.78 is 6.22. The number of carboxylic acid groups (broad SMARTS) is 2. The molecule has 2 aromatic heterocycles. The number of hydrogen-bond donors (Lipinski definition) is 4. The number of likely N-dealkylation sites (tertiary alicyclic amines) is 3. The fourth-order valence-electron chi connectivity index (χ4n) is 11.0. The van der Waals surface area contributed by atoms with Crippen LogP contribution in [0.4, 0.5) is 11.6 Å². The van der Waals surface area contributed by atoms with E-state index in [1.54, 1.807) is 18.2 Å². The number of aromatic nitrogens is 2. The molecular formula is C50H62ClN7O5. The topological polar surface area (TPSA) is 143 Å². The highest BCUT2D eigenvalue weighted by Gasteiger charge is 2.38. The molecule has 3 unspecified atom stereocenters. The van der Waals surface area contributed by atoms with Crippen molar-refractivity contribution in [1.82, 2.24) is 24.7 Å². The number of rotatable bonds is 17. The molecule has 0 radical (unpaired) electrons. The summed E-state index contributed by atoms with van der Waals surface area (Å²) in [7, 11) is 0. The van der Waals surface area contributed by atoms with Gasteiger partial charge in [0.1, 0.15) is 23.7 Å². The van der Waals surface area contributed by atoms with Crippen LogP contribution in [0.15, 0.2) is 78.9 Å². The molecule has 0 amide bonds. The molecule has 4 aromatic rings. The van der Waals surface area contributed by atoms with Gasteiger partial charge in [-0.15, -0.1) is 0 Å². The van der Waals surface area contributed by atoms with E-state index in [0.717, 1.165) is 126 Å². The van der Waals surface area contributed by atoms with Gasteiger partial charge in [0.25, 0.3) is 0 Å². The number of halogens is 1. The molecule has 5 aliphatic heterocycles. The lowest BCUT2D eigenvalue weighted by molar-refractivity contribution is -0.144. The highest BCUT2D eigenvalue weighted by atomic mass is 35.5. The number of ether oxygens (including phenoxy) is 1. The second kappa shape index (κ2) is 20.1. The van der Waals surface area contributed by atoms with Crippen molar-refractivity contribution in [3.05, 3.63) is 118 Å². The Kier molecular flexibility index (Phi) is 13.9. The average Bonchev–Trinajstić information content (AvgIpc) is 4.08. The Labute approximate surface area is 376 Å². The second-order valence-electron chi connectivity index (χ2n) is 18.6. The summed E-state index contributed by atoms with van der Waals surface area (Å²) in [4.78, 5) is 41.4. The highest BCUT2D eigenvalue weighted by Crippen LogP contribution is 2.35. The van der Waals surface area contributed by atoms with Gasteiger partial charge in [-0.05, 0) is 130 Å². The predicted molar refractivity (Wildman–Crippen MR) is 245 cm³/mol. The Hall–Kier alpha value is -4.59. The number of nitrogens with one attached hydrogen (secondary N) is 2. The van der Waals surface area contributed by atoms with Gasteiger partial charge in [0.15, 0.2) is 0 Å². The van der Waals surface area contributed by atoms with Gasteiger partial charge in [-0.3, -0.25) is 24.3 Å². The Morgan fingerprint density at radius 1 is 0.762 bits per heavy atom. The van der Waals surface area contributed by atoms with Crippen molar-refractivity contribution in [3.8, 4) is 0 Å². The van der Waals surface area contributed by atoms with Crippen molar-refractivity contribution < 1.29 is 24.5 Å². The molecular weight excluding hydrogens is 814 g/mol. The minimum Gasteiger partial charge on any atom is -0.480 e. The molecule has 12 nitrogen and oxygen atoms in total. The quantitative estimate of drug-likeness (QED) is 0.0779. The number of aryl methyl sites for hydroxylation is 3. The highest BCUT2D eigenvalue weighted by molar-refractivity contribution is 6.30. The van der Waals surface area contributed by atoms with E-state index in [1.807, 2.05) is 41.3 Å². The minimum absolute atomic E-state index is 0.0296. The lowest BCUT2D eigenvalue weighted by atomic mass is 9.84. The van der Waals surface area contributed by atoms with Crippen LogP contribution in [-0.2, 0) is 40.0 Å². The SMILES string of the molecule is O=C(O)C(c1ccccc1)N1CC[C@@H](N2CC[C@@H](CCc3ccc4c(n3)NCC(C3CCc5ccc(CCCCO[C@@H]6CCN([C@H](C(=O)O)c7cccc(Cl)c7)C6)nc5N3)C4)C2)C1. The van der Waals surface area contributed by atoms with Gasteiger partial charge < -0.3 is 25.6 Å². The standard InChI is InChI=1S/C50H62ClN7O5/c51-39-10-6-9-36(28-39)46(50(61)62)58-25-22-43(32-58)63-26-5-4-11-40-17-13-35-15-19-44(55-48(35)54-40)38-27-37-14-18-41(53-47(37)52-29-38)16-12-33-20-23-56(30-33)42-21-24-57(31-42)45(49(59)60)34-7-2-1-3-8-34/h1-3,6-10,13-14,17-18,28,33,38,42-46H,4-5,11-12,15-16,19-27,29-32H2,(H,52,53)(H,54,55)(H,59,60)(H,61,62)/t33-,38?,42-,43-,44?,45?,46+/m1/s1. The number of pyridine rings is 2. The van der Waals surface area contributed by atoms with Crippen LogP contribution in [0.3, 0.4) is 0 Å². The summed E-state index contributed by atoms with van der Waals surface area (Å²) in [5.41, 5.74) is 6.42. The minimum atomic E-state index is -0.865. The van der Waals surface area contributed by atoms with Crippen LogP contribution in [0, 0.1) is 11.8 Å². The van der Waals surface area contributed by atoms with Crippen LogP contribution in [-0.4, -0.2) is 117 Å². The Morgan fingerprint density at radius 3 is 2.33 bits per heavy atom. The van der Waals surface area contributed by atoms with Gasteiger partial charge in [-0.25, -0.2) is 9.97 Å². The first-order valence-corrected chi connectivity index (χ1v) is 23.7. The van der Waals surface area contributed by atoms with E-state index >= 15 is 0 Å². The van der Waals surface area contributed by atoms with Gasteiger partial charge in [0.2, 0.25) is 0 Å². The molecule has 0 spiro atoms. The van der Waals surface area contributed by atoms with E-state index in [9.17, 15) is 19.8 Å². The van der Waals surface area contributed by atoms with Crippen molar-refractivity contribution in [3.63, 3.8) is 0 Å². The van der Waals surface area contributed by atoms with Gasteiger partial charge in [0.05, 0.1) is 6.10 Å². The predicted octanol–water partition coefficient (Wildman–Crippen LogP) is 7.54. The molecule has 7 atom stereocenters. The second-order valence-corrected chi connectivity index (χ2v) is 19.0. The number of benzene rings is 2. The van der Waals surface area contributed by atoms with E-state index in [0.29, 0.717) is 54.2 Å². The van der Waals surface area contributed by atoms with Crippen molar-refractivity contribution >= 4 is 35.2 Å². The number of nitrogens with zero attached hydrogens (tertiary/aromatic N) is 5. The molecule has 0 bridgehead atoms. The maximum atomic E-state index is 12.3. The van der Waals surface area contributed by atoms with E-state index in [-0.39, 0.29) is 6.10 Å². The van der Waals surface area contributed by atoms with Crippen molar-refractivity contribution in [2.45, 2.75) is 101 Å². The zero-order valence-corrected chi connectivity index (χ0v) is 37.0. The fraction of sp³-hybridized carbons (Fsp3) is 0.520. The molecule has 63 heavy (non-hydrogen) atoms. The maximum Gasteiger partial charge on any atom is 0.325 e. The van der Waals surface area contributed by atoms with E-state index in [1.165, 1.54) is 17.5 Å². The van der Waals surface area contributed by atoms with Crippen LogP contribution in [0.25, 0.3) is 0 Å². The number of hydrogen-bond acceptors (Lipinski definition) is 10. The first kappa shape index (κ1) is 43.7. The molecule has 3 fully saturated rings. The van der Waals surface area contributed by atoms with Crippen molar-refractivity contribution in [2.24, 2.45) is 11.8 Å². The summed E-state index contributed by atoms with van der Waals surface area (Å²) in [5.74, 6) is 1.54. The van der Waals surface area contributed by atoms with Crippen molar-refractivity contribution in [1.29, 1.82) is 0 Å². The number of unbranched alkanes of at least 4 members (excludes halogenated alkanes) is 1. The van der Waals surface area contributed by atoms with Crippen LogP contribution in [0.1, 0.15) is 90.7 Å². The van der Waals surface area contributed by atoms with E-state index in [2.05, 4.69) is 44.7 Å². The molecule has 4 N–H and O–H groups in total. The molecule has 5 aliphatic rings. The van der Waals surface area contributed by atoms with Crippen LogP contribution < -0.4 is 10.6 Å². The Morgan fingerprint density at radius 2 is 1.51 bits per heavy atom. The zero-order chi connectivity index (χ0) is 43.3. The number of fused-ring (bicyclic) bond motifs is 2. The maximum absolute atomic E-state index is 12.3. The molecule has 13 heteroatoms. The molecule has 334 valence electrons. The summed E-state index contributed by atoms with van der Waals surface area (Å²) in [6.45, 7) is 6.63. The third kappa shape index (κ3) is 10.5. The summed E-state index contributed by atoms with van der Waals surface area (Å²) >= 11 is 6.16. The fourth-order valence-corrected chi connectivity index (χ4v) is 11.2. The normalized spacial score (nSPS) is 24.9. The van der Waals surface area contributed by atoms with E-state index < -0.39 is 24.0 Å². The van der Waals surface area contributed by atoms with Gasteiger partial charge in [0, 0.05) is 80.3 Å². The first-order valence-electron chi connectivity index (χ1n) is 23.3. The number of carboxylic acids is 2. The van der Waals surface area contributed by atoms with E-state index in [4.69, 9.17) is 26.3 Å². The van der Waals surface area contributed by atoms with Gasteiger partial charge in [-0.2, -0.15) is 0 Å². The average molecular weight is 877 g/mol. The molecule has 7 heterocycles. The molecule has 0 saturated carbocycles. The molecule has 2 aromatic carbocycles. The first-order chi connectivity index (χ1) is 30.7. The zero-order valence-electron chi connectivity index (χ0n) is 36.2. The summed E-state index contributed by atoms with van der Waals surface area (Å²) in [5, 5.41) is 28.1. The van der Waals surface area contributed by atoms with Gasteiger partial charge in [-0.1, -0.05) is 66.2 Å². The largest absolute Gasteiger partial charge is 0.480 e. The Balaban J connectivity index is 0.693. The van der Waals surface area contributed by atoms with Crippen LogP contribution in [0.2, 0.25) is 5.02 Å². The molecule has 9 rings (SSSR count). The number of anilines is 2.